The molecule has 2 heterocycles. The van der Waals surface area contributed by atoms with Crippen LogP contribution < -0.4 is 0 Å². The molecule has 1 aromatic carbocycles. The van der Waals surface area contributed by atoms with E-state index in [1.54, 1.807) is 0 Å². The highest BCUT2D eigenvalue weighted by Crippen LogP contribution is 2.46. The lowest BCUT2D eigenvalue weighted by Crippen LogP contribution is -2.58. The van der Waals surface area contributed by atoms with Crippen molar-refractivity contribution in [1.82, 2.24) is 0 Å². The average Bonchev–Trinajstić information content (AvgIpc) is 2.61. The first kappa shape index (κ1) is 21.0. The van der Waals surface area contributed by atoms with Crippen LogP contribution in [0.15, 0.2) is 30.3 Å². The number of benzene rings is 1. The molecular weight excluding hydrogens is 360 g/mol. The van der Waals surface area contributed by atoms with Gasteiger partial charge in [-0.05, 0) is 24.1 Å². The molecule has 0 bridgehead atoms. The number of aliphatic hydroxyl groups excluding tert-OH is 1. The summed E-state index contributed by atoms with van der Waals surface area (Å²) in [5, 5.41) is 10.8. The number of hydrogen-bond donors (Lipinski definition) is 1. The fourth-order valence-electron chi connectivity index (χ4n) is 3.62. The van der Waals surface area contributed by atoms with Gasteiger partial charge < -0.3 is 23.7 Å². The topological polar surface area (TPSA) is 57.2 Å². The highest BCUT2D eigenvalue weighted by Gasteiger charge is 2.49. The quantitative estimate of drug-likeness (QED) is 0.757. The van der Waals surface area contributed by atoms with Gasteiger partial charge in [-0.25, -0.2) is 0 Å². The molecule has 2 aliphatic rings. The molecule has 0 aromatic heterocycles. The standard InChI is InChI=1S/C21H34O5Si/c1-14(2)21(3,4)27(5,6)26-18-12-16(22)19-17(24-18)13-23-20(25-19)15-10-8-7-9-11-15/h7-11,14,16-20,22H,12-13H2,1-6H3/t16-,17-,18+,19+,20-/m1/s1. The van der Waals surface area contributed by atoms with Gasteiger partial charge in [0.15, 0.2) is 20.9 Å². The minimum absolute atomic E-state index is 0.0934. The van der Waals surface area contributed by atoms with E-state index in [0.717, 1.165) is 5.56 Å². The summed E-state index contributed by atoms with van der Waals surface area (Å²) in [6, 6.07) is 9.80. The lowest BCUT2D eigenvalue weighted by Gasteiger charge is -2.48. The summed E-state index contributed by atoms with van der Waals surface area (Å²) in [7, 11) is -2.05. The minimum atomic E-state index is -2.05. The lowest BCUT2D eigenvalue weighted by molar-refractivity contribution is -0.328. The van der Waals surface area contributed by atoms with E-state index >= 15 is 0 Å². The van der Waals surface area contributed by atoms with Gasteiger partial charge in [0.2, 0.25) is 0 Å². The Kier molecular flexibility index (Phi) is 6.16. The van der Waals surface area contributed by atoms with Crippen molar-refractivity contribution >= 4 is 8.32 Å². The van der Waals surface area contributed by atoms with Crippen LogP contribution in [0.5, 0.6) is 0 Å². The van der Waals surface area contributed by atoms with Crippen molar-refractivity contribution in [3.63, 3.8) is 0 Å². The predicted molar refractivity (Wildman–Crippen MR) is 107 cm³/mol. The van der Waals surface area contributed by atoms with Gasteiger partial charge in [0.25, 0.3) is 0 Å². The zero-order valence-electron chi connectivity index (χ0n) is 17.3. The van der Waals surface area contributed by atoms with Crippen molar-refractivity contribution in [2.75, 3.05) is 6.61 Å². The van der Waals surface area contributed by atoms with Crippen LogP contribution in [0.3, 0.4) is 0 Å². The summed E-state index contributed by atoms with van der Waals surface area (Å²) in [6.07, 6.45) is -1.80. The van der Waals surface area contributed by atoms with Gasteiger partial charge >= 0.3 is 0 Å². The largest absolute Gasteiger partial charge is 0.392 e. The monoisotopic (exact) mass is 394 g/mol. The van der Waals surface area contributed by atoms with Crippen LogP contribution in [0.1, 0.15) is 46.0 Å². The van der Waals surface area contributed by atoms with E-state index < -0.39 is 33.1 Å². The van der Waals surface area contributed by atoms with Crippen LogP contribution in [-0.4, -0.2) is 44.6 Å². The molecule has 0 spiro atoms. The molecule has 0 amide bonds. The van der Waals surface area contributed by atoms with Crippen LogP contribution in [0.2, 0.25) is 18.1 Å². The third kappa shape index (κ3) is 4.31. The molecule has 2 saturated heterocycles. The Bertz CT molecular complexity index is 618. The normalized spacial score (nSPS) is 32.4. The molecule has 2 aliphatic heterocycles. The number of ether oxygens (including phenoxy) is 3. The maximum absolute atomic E-state index is 10.7. The molecule has 1 aromatic rings. The Balaban J connectivity index is 1.65. The van der Waals surface area contributed by atoms with Gasteiger partial charge in [0, 0.05) is 12.0 Å². The van der Waals surface area contributed by atoms with E-state index in [1.165, 1.54) is 0 Å². The zero-order valence-corrected chi connectivity index (χ0v) is 18.3. The summed E-state index contributed by atoms with van der Waals surface area (Å²) < 4.78 is 24.5. The molecule has 6 heteroatoms. The third-order valence-electron chi connectivity index (χ3n) is 6.69. The van der Waals surface area contributed by atoms with Crippen molar-refractivity contribution in [2.24, 2.45) is 5.92 Å². The molecule has 0 saturated carbocycles. The SMILES string of the molecule is CC(C)C(C)(C)[Si](C)(C)O[C@H]1C[C@@H](O)[C@@H]2O[C@H](c3ccccc3)OC[C@H]2O1. The van der Waals surface area contributed by atoms with Crippen LogP contribution >= 0.6 is 0 Å². The van der Waals surface area contributed by atoms with Gasteiger partial charge in [-0.2, -0.15) is 0 Å². The van der Waals surface area contributed by atoms with Crippen molar-refractivity contribution < 1.29 is 23.7 Å². The Morgan fingerprint density at radius 1 is 1.15 bits per heavy atom. The fourth-order valence-corrected chi connectivity index (χ4v) is 6.12. The first-order valence-electron chi connectivity index (χ1n) is 9.95. The summed E-state index contributed by atoms with van der Waals surface area (Å²) in [4.78, 5) is 0. The highest BCUT2D eigenvalue weighted by atomic mass is 28.4. The Morgan fingerprint density at radius 3 is 2.44 bits per heavy atom. The van der Waals surface area contributed by atoms with Gasteiger partial charge in [0.05, 0.1) is 12.7 Å². The van der Waals surface area contributed by atoms with E-state index in [1.807, 2.05) is 30.3 Å². The van der Waals surface area contributed by atoms with Crippen LogP contribution in [0.25, 0.3) is 0 Å². The molecule has 5 nitrogen and oxygen atoms in total. The number of rotatable bonds is 5. The molecule has 2 fully saturated rings. The maximum atomic E-state index is 10.7. The maximum Gasteiger partial charge on any atom is 0.196 e. The fraction of sp³-hybridized carbons (Fsp3) is 0.714. The second-order valence-corrected chi connectivity index (χ2v) is 13.6. The van der Waals surface area contributed by atoms with E-state index in [9.17, 15) is 5.11 Å². The van der Waals surface area contributed by atoms with Crippen molar-refractivity contribution in [1.29, 1.82) is 0 Å². The molecule has 5 atom stereocenters. The zero-order chi connectivity index (χ0) is 19.8. The van der Waals surface area contributed by atoms with Gasteiger partial charge in [-0.15, -0.1) is 0 Å². The van der Waals surface area contributed by atoms with Gasteiger partial charge in [-0.1, -0.05) is 58.0 Å². The van der Waals surface area contributed by atoms with E-state index in [-0.39, 0.29) is 11.1 Å². The lowest BCUT2D eigenvalue weighted by atomic mass is 9.99. The van der Waals surface area contributed by atoms with E-state index in [2.05, 4.69) is 40.8 Å². The van der Waals surface area contributed by atoms with Crippen LogP contribution in [0, 0.1) is 5.92 Å². The Labute approximate surface area is 164 Å². The first-order valence-corrected chi connectivity index (χ1v) is 12.9. The molecule has 0 unspecified atom stereocenters. The Morgan fingerprint density at radius 2 is 1.81 bits per heavy atom. The van der Waals surface area contributed by atoms with E-state index in [0.29, 0.717) is 18.9 Å². The molecular formula is C21H34O5Si. The summed E-state index contributed by atoms with van der Waals surface area (Å²) in [5.74, 6) is 0.508. The molecule has 152 valence electrons. The molecule has 27 heavy (non-hydrogen) atoms. The number of fused-ring (bicyclic) bond motifs is 1. The minimum Gasteiger partial charge on any atom is -0.392 e. The van der Waals surface area contributed by atoms with Gasteiger partial charge in [-0.3, -0.25) is 0 Å². The van der Waals surface area contributed by atoms with Crippen molar-refractivity contribution in [2.45, 2.75) is 83.1 Å². The summed E-state index contributed by atoms with van der Waals surface area (Å²) >= 11 is 0. The van der Waals surface area contributed by atoms with Crippen molar-refractivity contribution in [3.8, 4) is 0 Å². The predicted octanol–water partition coefficient (Wildman–Crippen LogP) is 4.23. The highest BCUT2D eigenvalue weighted by molar-refractivity contribution is 6.74. The van der Waals surface area contributed by atoms with Gasteiger partial charge in [0.1, 0.15) is 12.2 Å². The second kappa shape index (κ2) is 7.93. The Hall–Kier alpha value is -0.763. The number of aliphatic hydroxyl groups is 1. The average molecular weight is 395 g/mol. The smallest absolute Gasteiger partial charge is 0.196 e. The summed E-state index contributed by atoms with van der Waals surface area (Å²) in [6.45, 7) is 13.8. The van der Waals surface area contributed by atoms with E-state index in [4.69, 9.17) is 18.6 Å². The van der Waals surface area contributed by atoms with Crippen molar-refractivity contribution in [3.05, 3.63) is 35.9 Å². The third-order valence-corrected chi connectivity index (χ3v) is 11.2. The molecule has 0 radical (unpaired) electrons. The number of hydrogen-bond acceptors (Lipinski definition) is 5. The molecule has 1 N–H and O–H groups in total. The van der Waals surface area contributed by atoms with Crippen LogP contribution in [-0.2, 0) is 18.6 Å². The second-order valence-electron chi connectivity index (χ2n) is 9.09. The van der Waals surface area contributed by atoms with Crippen LogP contribution in [0.4, 0.5) is 0 Å². The molecule has 3 rings (SSSR count). The molecule has 0 aliphatic carbocycles. The summed E-state index contributed by atoms with van der Waals surface area (Å²) in [5.41, 5.74) is 0.953. The first-order chi connectivity index (χ1) is 12.6.